The van der Waals surface area contributed by atoms with Crippen molar-refractivity contribution in [3.63, 3.8) is 0 Å². The number of aryl methyl sites for hydroxylation is 2. The second-order valence-electron chi connectivity index (χ2n) is 4.46. The number of nitrogens with one attached hydrogen (secondary N) is 1. The number of nitrogens with zero attached hydrogens (tertiary/aromatic N) is 2. The highest BCUT2D eigenvalue weighted by atomic mass is 32.2. The van der Waals surface area contributed by atoms with Crippen LogP contribution in [0.25, 0.3) is 0 Å². The Bertz CT molecular complexity index is 602. The van der Waals surface area contributed by atoms with Gasteiger partial charge in [0.15, 0.2) is 5.16 Å². The summed E-state index contributed by atoms with van der Waals surface area (Å²) in [6.45, 7) is 7.00. The highest BCUT2D eigenvalue weighted by Gasteiger charge is 2.06. The fourth-order valence-corrected chi connectivity index (χ4v) is 2.09. The number of anilines is 1. The quantitative estimate of drug-likeness (QED) is 0.665. The minimum atomic E-state index is 0.559. The molecule has 0 unspecified atom stereocenters. The van der Waals surface area contributed by atoms with Crippen molar-refractivity contribution in [2.75, 3.05) is 18.1 Å². The van der Waals surface area contributed by atoms with Gasteiger partial charge in [-0.3, -0.25) is 0 Å². The van der Waals surface area contributed by atoms with E-state index >= 15 is 0 Å². The van der Waals surface area contributed by atoms with Crippen LogP contribution < -0.4 is 10.1 Å². The second-order valence-corrected chi connectivity index (χ2v) is 5.23. The predicted molar refractivity (Wildman–Crippen MR) is 84.0 cm³/mol. The van der Waals surface area contributed by atoms with E-state index in [4.69, 9.17) is 4.74 Å². The van der Waals surface area contributed by atoms with Gasteiger partial charge in [-0.15, -0.1) is 0 Å². The van der Waals surface area contributed by atoms with Crippen LogP contribution in [0.5, 0.6) is 11.6 Å². The zero-order valence-corrected chi connectivity index (χ0v) is 13.0. The maximum absolute atomic E-state index is 5.84. The smallest absolute Gasteiger partial charge is 0.225 e. The van der Waals surface area contributed by atoms with Crippen LogP contribution in [0.1, 0.15) is 18.1 Å². The lowest BCUT2D eigenvalue weighted by molar-refractivity contribution is 0.455. The Kier molecular flexibility index (Phi) is 4.84. The van der Waals surface area contributed by atoms with Gasteiger partial charge in [-0.2, -0.15) is 4.98 Å². The van der Waals surface area contributed by atoms with Gasteiger partial charge < -0.3 is 10.1 Å². The molecule has 0 aliphatic heterocycles. The molecule has 0 saturated heterocycles. The summed E-state index contributed by atoms with van der Waals surface area (Å²) in [6, 6.07) is 7.84. The Morgan fingerprint density at radius 3 is 2.60 bits per heavy atom. The third-order valence-electron chi connectivity index (χ3n) is 2.92. The molecule has 4 nitrogen and oxygen atoms in total. The maximum Gasteiger partial charge on any atom is 0.225 e. The number of aromatic nitrogens is 2. The number of hydrogen-bond donors (Lipinski definition) is 1. The number of rotatable bonds is 5. The standard InChI is InChI=1S/C15H19N3OS/c1-5-16-13-9-14(18-15(17-13)20-4)19-12-7-6-10(2)11(3)8-12/h6-9H,5H2,1-4H3,(H,16,17,18). The van der Waals surface area contributed by atoms with Crippen molar-refractivity contribution in [2.24, 2.45) is 0 Å². The molecule has 1 heterocycles. The van der Waals surface area contributed by atoms with E-state index in [1.54, 1.807) is 0 Å². The van der Waals surface area contributed by atoms with Crippen molar-refractivity contribution in [1.82, 2.24) is 9.97 Å². The second kappa shape index (κ2) is 6.61. The number of benzene rings is 1. The highest BCUT2D eigenvalue weighted by molar-refractivity contribution is 7.98. The van der Waals surface area contributed by atoms with Crippen LogP contribution in [0.15, 0.2) is 29.4 Å². The Labute approximate surface area is 124 Å². The van der Waals surface area contributed by atoms with Crippen LogP contribution in [-0.2, 0) is 0 Å². The molecule has 106 valence electrons. The molecular formula is C15H19N3OS. The SMILES string of the molecule is CCNc1cc(Oc2ccc(C)c(C)c2)nc(SC)n1. The molecular weight excluding hydrogens is 270 g/mol. The van der Waals surface area contributed by atoms with Gasteiger partial charge in [-0.05, 0) is 50.3 Å². The van der Waals surface area contributed by atoms with Crippen molar-refractivity contribution in [1.29, 1.82) is 0 Å². The first-order valence-corrected chi connectivity index (χ1v) is 7.77. The van der Waals surface area contributed by atoms with E-state index in [0.29, 0.717) is 11.0 Å². The zero-order chi connectivity index (χ0) is 14.5. The van der Waals surface area contributed by atoms with Crippen LogP contribution in [0.3, 0.4) is 0 Å². The number of hydrogen-bond acceptors (Lipinski definition) is 5. The predicted octanol–water partition coefficient (Wildman–Crippen LogP) is 4.04. The molecule has 2 rings (SSSR count). The first-order valence-electron chi connectivity index (χ1n) is 6.54. The van der Waals surface area contributed by atoms with Gasteiger partial charge in [0, 0.05) is 12.6 Å². The molecule has 0 saturated carbocycles. The molecule has 0 amide bonds. The highest BCUT2D eigenvalue weighted by Crippen LogP contribution is 2.25. The van der Waals surface area contributed by atoms with Crippen molar-refractivity contribution in [3.05, 3.63) is 35.4 Å². The van der Waals surface area contributed by atoms with Gasteiger partial charge in [0.2, 0.25) is 5.88 Å². The van der Waals surface area contributed by atoms with E-state index in [-0.39, 0.29) is 0 Å². The Balaban J connectivity index is 2.27. The molecule has 0 spiro atoms. The fourth-order valence-electron chi connectivity index (χ4n) is 1.72. The van der Waals surface area contributed by atoms with E-state index in [2.05, 4.69) is 29.1 Å². The molecule has 0 aliphatic carbocycles. The van der Waals surface area contributed by atoms with E-state index in [1.165, 1.54) is 22.9 Å². The van der Waals surface area contributed by atoms with Gasteiger partial charge in [-0.25, -0.2) is 4.98 Å². The molecule has 2 aromatic rings. The molecule has 0 atom stereocenters. The van der Waals surface area contributed by atoms with E-state index in [9.17, 15) is 0 Å². The van der Waals surface area contributed by atoms with Gasteiger partial charge in [-0.1, -0.05) is 17.8 Å². The normalized spacial score (nSPS) is 10.4. The summed E-state index contributed by atoms with van der Waals surface area (Å²) < 4.78 is 5.84. The number of ether oxygens (including phenoxy) is 1. The molecule has 0 fully saturated rings. The average Bonchev–Trinajstić information content (AvgIpc) is 2.43. The van der Waals surface area contributed by atoms with Crippen LogP contribution in [-0.4, -0.2) is 22.8 Å². The molecule has 1 aromatic carbocycles. The summed E-state index contributed by atoms with van der Waals surface area (Å²) in [5.74, 6) is 2.13. The van der Waals surface area contributed by atoms with Gasteiger partial charge >= 0.3 is 0 Å². The van der Waals surface area contributed by atoms with Gasteiger partial charge in [0.05, 0.1) is 0 Å². The van der Waals surface area contributed by atoms with Gasteiger partial charge in [0.1, 0.15) is 11.6 Å². The summed E-state index contributed by atoms with van der Waals surface area (Å²) in [4.78, 5) is 8.75. The molecule has 20 heavy (non-hydrogen) atoms. The van der Waals surface area contributed by atoms with Crippen molar-refractivity contribution in [3.8, 4) is 11.6 Å². The van der Waals surface area contributed by atoms with Crippen molar-refractivity contribution in [2.45, 2.75) is 25.9 Å². The molecule has 1 aromatic heterocycles. The van der Waals surface area contributed by atoms with Gasteiger partial charge in [0.25, 0.3) is 0 Å². The molecule has 5 heteroatoms. The lowest BCUT2D eigenvalue weighted by atomic mass is 10.1. The van der Waals surface area contributed by atoms with E-state index < -0.39 is 0 Å². The largest absolute Gasteiger partial charge is 0.439 e. The first-order chi connectivity index (χ1) is 9.62. The minimum absolute atomic E-state index is 0.559. The molecule has 1 N–H and O–H groups in total. The Hall–Kier alpha value is -1.75. The van der Waals surface area contributed by atoms with E-state index in [0.717, 1.165) is 18.1 Å². The lowest BCUT2D eigenvalue weighted by Gasteiger charge is -2.10. The first kappa shape index (κ1) is 14.7. The van der Waals surface area contributed by atoms with Crippen LogP contribution in [0.4, 0.5) is 5.82 Å². The molecule has 0 radical (unpaired) electrons. The van der Waals surface area contributed by atoms with Crippen LogP contribution in [0.2, 0.25) is 0 Å². The van der Waals surface area contributed by atoms with Crippen LogP contribution in [0, 0.1) is 13.8 Å². The summed E-state index contributed by atoms with van der Waals surface area (Å²) >= 11 is 1.50. The Morgan fingerprint density at radius 1 is 1.15 bits per heavy atom. The number of thioether (sulfide) groups is 1. The lowest BCUT2D eigenvalue weighted by Crippen LogP contribution is -2.02. The average molecular weight is 289 g/mol. The van der Waals surface area contributed by atoms with Crippen molar-refractivity contribution >= 4 is 17.6 Å². The topological polar surface area (TPSA) is 47.0 Å². The minimum Gasteiger partial charge on any atom is -0.439 e. The summed E-state index contributed by atoms with van der Waals surface area (Å²) in [6.07, 6.45) is 1.95. The molecule has 0 aliphatic rings. The monoisotopic (exact) mass is 289 g/mol. The maximum atomic E-state index is 5.84. The third-order valence-corrected chi connectivity index (χ3v) is 3.47. The van der Waals surface area contributed by atoms with Crippen molar-refractivity contribution < 1.29 is 4.74 Å². The summed E-state index contributed by atoms with van der Waals surface area (Å²) in [5, 5.41) is 3.88. The third kappa shape index (κ3) is 3.63. The summed E-state index contributed by atoms with van der Waals surface area (Å²) in [5.41, 5.74) is 2.45. The molecule has 0 bridgehead atoms. The Morgan fingerprint density at radius 2 is 1.95 bits per heavy atom. The van der Waals surface area contributed by atoms with Crippen LogP contribution >= 0.6 is 11.8 Å². The summed E-state index contributed by atoms with van der Waals surface area (Å²) in [7, 11) is 0. The fraction of sp³-hybridized carbons (Fsp3) is 0.333. The van der Waals surface area contributed by atoms with E-state index in [1.807, 2.05) is 37.4 Å². The zero-order valence-electron chi connectivity index (χ0n) is 12.2.